The highest BCUT2D eigenvalue weighted by molar-refractivity contribution is 6.30. The summed E-state index contributed by atoms with van der Waals surface area (Å²) >= 11 is 5.76. The number of H-pyrrole nitrogens is 1. The van der Waals surface area contributed by atoms with Crippen LogP contribution in [0.15, 0.2) is 48.8 Å². The summed E-state index contributed by atoms with van der Waals surface area (Å²) in [6.45, 7) is 0.912. The third kappa shape index (κ3) is 4.50. The number of amides is 1. The minimum absolute atomic E-state index is 0.0394. The topological polar surface area (TPSA) is 95.6 Å². The molecular formula is C21H16ClF3N6O. The van der Waals surface area contributed by atoms with Crippen LogP contribution in [0.5, 0.6) is 0 Å². The summed E-state index contributed by atoms with van der Waals surface area (Å²) < 4.78 is 40.5. The number of benzene rings is 2. The van der Waals surface area contributed by atoms with E-state index >= 15 is 0 Å². The minimum Gasteiger partial charge on any atom is -0.347 e. The zero-order valence-corrected chi connectivity index (χ0v) is 17.3. The number of nitrogens with one attached hydrogen (secondary N) is 3. The van der Waals surface area contributed by atoms with E-state index in [1.165, 1.54) is 42.7 Å². The van der Waals surface area contributed by atoms with Crippen LogP contribution in [-0.2, 0) is 12.5 Å². The van der Waals surface area contributed by atoms with Gasteiger partial charge in [0.15, 0.2) is 11.5 Å². The molecule has 0 atom stereocenters. The number of anilines is 2. The van der Waals surface area contributed by atoms with E-state index in [2.05, 4.69) is 30.8 Å². The lowest BCUT2D eigenvalue weighted by Gasteiger charge is -2.12. The van der Waals surface area contributed by atoms with Crippen molar-refractivity contribution in [1.82, 2.24) is 25.5 Å². The van der Waals surface area contributed by atoms with Crippen LogP contribution in [0.25, 0.3) is 11.0 Å². The number of hydrogen-bond donors (Lipinski definition) is 3. The van der Waals surface area contributed by atoms with Crippen LogP contribution in [-0.4, -0.2) is 26.1 Å². The molecule has 2 aromatic carbocycles. The second-order valence-electron chi connectivity index (χ2n) is 7.04. The van der Waals surface area contributed by atoms with Gasteiger partial charge in [0, 0.05) is 24.7 Å². The van der Waals surface area contributed by atoms with Gasteiger partial charge in [-0.05, 0) is 29.8 Å². The van der Waals surface area contributed by atoms with Crippen LogP contribution >= 0.6 is 11.6 Å². The molecule has 4 rings (SSSR count). The van der Waals surface area contributed by atoms with Crippen LogP contribution < -0.4 is 10.6 Å². The molecule has 0 aliphatic carbocycles. The number of hydrogen-bond acceptors (Lipinski definition) is 5. The number of carbonyl (C=O) groups is 1. The van der Waals surface area contributed by atoms with E-state index in [0.29, 0.717) is 16.8 Å². The molecule has 0 fully saturated rings. The SMILES string of the molecule is CC(F)(F)c1cccc(Nc2n[nH]c3c(C(=O)NCc4ccc(F)c(Cl)c4)ncnc23)c1. The van der Waals surface area contributed by atoms with Crippen molar-refractivity contribution >= 4 is 40.0 Å². The number of fused-ring (bicyclic) bond motifs is 1. The van der Waals surface area contributed by atoms with Gasteiger partial charge in [0.1, 0.15) is 23.2 Å². The number of aromatic nitrogens is 4. The van der Waals surface area contributed by atoms with Crippen LogP contribution in [0.4, 0.5) is 24.7 Å². The van der Waals surface area contributed by atoms with Crippen molar-refractivity contribution in [2.24, 2.45) is 0 Å². The molecule has 0 saturated heterocycles. The Balaban J connectivity index is 1.55. The molecule has 0 unspecified atom stereocenters. The Kier molecular flexibility index (Phi) is 5.70. The molecule has 0 aliphatic heterocycles. The quantitative estimate of drug-likeness (QED) is 0.379. The third-order valence-electron chi connectivity index (χ3n) is 4.64. The molecular weight excluding hydrogens is 445 g/mol. The van der Waals surface area contributed by atoms with Gasteiger partial charge in [-0.1, -0.05) is 29.8 Å². The average Bonchev–Trinajstić information content (AvgIpc) is 3.17. The van der Waals surface area contributed by atoms with Crippen molar-refractivity contribution in [2.45, 2.75) is 19.4 Å². The second-order valence-corrected chi connectivity index (χ2v) is 7.45. The van der Waals surface area contributed by atoms with Crippen molar-refractivity contribution in [2.75, 3.05) is 5.32 Å². The maximum absolute atomic E-state index is 13.6. The number of alkyl halides is 2. The van der Waals surface area contributed by atoms with Crippen molar-refractivity contribution in [3.63, 3.8) is 0 Å². The van der Waals surface area contributed by atoms with Gasteiger partial charge in [-0.25, -0.2) is 23.1 Å². The van der Waals surface area contributed by atoms with Gasteiger partial charge >= 0.3 is 0 Å². The first-order valence-electron chi connectivity index (χ1n) is 9.39. The molecule has 0 aliphatic rings. The molecule has 7 nitrogen and oxygen atoms in total. The van der Waals surface area contributed by atoms with Crippen molar-refractivity contribution in [3.05, 3.63) is 76.5 Å². The van der Waals surface area contributed by atoms with Gasteiger partial charge in [0.05, 0.1) is 5.02 Å². The van der Waals surface area contributed by atoms with Gasteiger partial charge in [-0.15, -0.1) is 0 Å². The highest BCUT2D eigenvalue weighted by Gasteiger charge is 2.24. The number of rotatable bonds is 6. The van der Waals surface area contributed by atoms with Crippen molar-refractivity contribution in [3.8, 4) is 0 Å². The molecule has 0 bridgehead atoms. The van der Waals surface area contributed by atoms with Crippen LogP contribution in [0.1, 0.15) is 28.5 Å². The highest BCUT2D eigenvalue weighted by Crippen LogP contribution is 2.30. The Morgan fingerprint density at radius 2 is 2.00 bits per heavy atom. The van der Waals surface area contributed by atoms with E-state index < -0.39 is 17.6 Å². The molecule has 164 valence electrons. The molecule has 32 heavy (non-hydrogen) atoms. The summed E-state index contributed by atoms with van der Waals surface area (Å²) in [5.74, 6) is -3.81. The highest BCUT2D eigenvalue weighted by atomic mass is 35.5. The predicted octanol–water partition coefficient (Wildman–Crippen LogP) is 4.93. The first-order chi connectivity index (χ1) is 15.2. The van der Waals surface area contributed by atoms with Crippen LogP contribution in [0.3, 0.4) is 0 Å². The van der Waals surface area contributed by atoms with Crippen molar-refractivity contribution < 1.29 is 18.0 Å². The van der Waals surface area contributed by atoms with Gasteiger partial charge in [0.2, 0.25) is 0 Å². The number of carbonyl (C=O) groups excluding carboxylic acids is 1. The lowest BCUT2D eigenvalue weighted by Crippen LogP contribution is -2.24. The number of aromatic amines is 1. The summed E-state index contributed by atoms with van der Waals surface area (Å²) in [5, 5.41) is 12.4. The summed E-state index contributed by atoms with van der Waals surface area (Å²) in [5.41, 5.74) is 1.45. The largest absolute Gasteiger partial charge is 0.347 e. The second kappa shape index (κ2) is 8.46. The smallest absolute Gasteiger partial charge is 0.272 e. The Bertz CT molecular complexity index is 1300. The zero-order chi connectivity index (χ0) is 22.9. The van der Waals surface area contributed by atoms with E-state index in [1.807, 2.05) is 0 Å². The van der Waals surface area contributed by atoms with E-state index in [4.69, 9.17) is 11.6 Å². The Labute approximate surface area is 185 Å². The summed E-state index contributed by atoms with van der Waals surface area (Å²) in [6.07, 6.45) is 1.20. The van der Waals surface area contributed by atoms with Gasteiger partial charge in [-0.2, -0.15) is 5.10 Å². The Morgan fingerprint density at radius 3 is 2.75 bits per heavy atom. The Morgan fingerprint density at radius 1 is 1.19 bits per heavy atom. The monoisotopic (exact) mass is 460 g/mol. The van der Waals surface area contributed by atoms with E-state index in [9.17, 15) is 18.0 Å². The first kappa shape index (κ1) is 21.6. The third-order valence-corrected chi connectivity index (χ3v) is 4.93. The zero-order valence-electron chi connectivity index (χ0n) is 16.6. The van der Waals surface area contributed by atoms with Gasteiger partial charge in [0.25, 0.3) is 11.8 Å². The maximum atomic E-state index is 13.6. The molecule has 1 amide bonds. The van der Waals surface area contributed by atoms with E-state index in [1.54, 1.807) is 6.07 Å². The predicted molar refractivity (Wildman–Crippen MR) is 114 cm³/mol. The summed E-state index contributed by atoms with van der Waals surface area (Å²) in [4.78, 5) is 20.8. The van der Waals surface area contributed by atoms with Crippen LogP contribution in [0, 0.1) is 5.82 Å². The Hall–Kier alpha value is -3.66. The van der Waals surface area contributed by atoms with Gasteiger partial charge in [-0.3, -0.25) is 9.89 Å². The standard InChI is InChI=1S/C21H16ClF3N6O/c1-21(24,25)12-3-2-4-13(8-12)29-19-17-16(30-31-19)18(28-10-27-17)20(32)26-9-11-5-6-15(23)14(22)7-11/h2-8,10H,9H2,1H3,(H,26,32)(H2,29,30,31). The molecule has 3 N–H and O–H groups in total. The fraction of sp³-hybridized carbons (Fsp3) is 0.143. The van der Waals surface area contributed by atoms with Crippen molar-refractivity contribution in [1.29, 1.82) is 0 Å². The fourth-order valence-electron chi connectivity index (χ4n) is 3.02. The fourth-order valence-corrected chi connectivity index (χ4v) is 3.22. The lowest BCUT2D eigenvalue weighted by molar-refractivity contribution is 0.0175. The molecule has 2 heterocycles. The molecule has 4 aromatic rings. The first-order valence-corrected chi connectivity index (χ1v) is 9.77. The lowest BCUT2D eigenvalue weighted by atomic mass is 10.1. The van der Waals surface area contributed by atoms with E-state index in [0.717, 1.165) is 6.92 Å². The normalized spacial score (nSPS) is 11.5. The summed E-state index contributed by atoms with van der Waals surface area (Å²) in [6, 6.07) is 9.87. The molecule has 0 spiro atoms. The number of halogens is 4. The maximum Gasteiger partial charge on any atom is 0.272 e. The minimum atomic E-state index is -2.99. The molecule has 0 saturated carbocycles. The summed E-state index contributed by atoms with van der Waals surface area (Å²) in [7, 11) is 0. The van der Waals surface area contributed by atoms with Crippen LogP contribution in [0.2, 0.25) is 5.02 Å². The van der Waals surface area contributed by atoms with E-state index in [-0.39, 0.29) is 34.2 Å². The average molecular weight is 461 g/mol. The van der Waals surface area contributed by atoms with Gasteiger partial charge < -0.3 is 10.6 Å². The molecule has 0 radical (unpaired) electrons. The molecule has 11 heteroatoms. The molecule has 2 aromatic heterocycles. The number of nitrogens with zero attached hydrogens (tertiary/aromatic N) is 3.